The van der Waals surface area contributed by atoms with Crippen LogP contribution in [0.15, 0.2) is 36.4 Å². The van der Waals surface area contributed by atoms with Crippen LogP contribution in [0.3, 0.4) is 0 Å². The van der Waals surface area contributed by atoms with E-state index in [0.717, 1.165) is 24.9 Å². The van der Waals surface area contributed by atoms with Crippen LogP contribution in [0, 0.1) is 0 Å². The number of halogens is 3. The lowest BCUT2D eigenvalue weighted by Crippen LogP contribution is -2.27. The van der Waals surface area contributed by atoms with Crippen molar-refractivity contribution in [1.82, 2.24) is 0 Å². The molecule has 0 aliphatic heterocycles. The lowest BCUT2D eigenvalue weighted by molar-refractivity contribution is 0.611. The third kappa shape index (κ3) is 2.90. The van der Waals surface area contributed by atoms with E-state index in [0.29, 0.717) is 21.1 Å². The fourth-order valence-corrected chi connectivity index (χ4v) is 3.63. The van der Waals surface area contributed by atoms with Crippen molar-refractivity contribution < 1.29 is 0 Å². The second-order valence-corrected chi connectivity index (χ2v) is 6.35. The molecule has 2 aromatic rings. The van der Waals surface area contributed by atoms with Gasteiger partial charge in [-0.05, 0) is 42.5 Å². The third-order valence-corrected chi connectivity index (χ3v) is 4.52. The summed E-state index contributed by atoms with van der Waals surface area (Å²) >= 11 is 18.4. The Kier molecular flexibility index (Phi) is 4.11. The highest BCUT2D eigenvalue weighted by Gasteiger charge is 2.20. The van der Waals surface area contributed by atoms with Crippen molar-refractivity contribution in [3.05, 3.63) is 62.6 Å². The average Bonchev–Trinajstić information content (AvgIpc) is 2.42. The predicted molar refractivity (Wildman–Crippen MR) is 87.3 cm³/mol. The number of benzene rings is 2. The molecule has 0 aromatic heterocycles. The van der Waals surface area contributed by atoms with Crippen molar-refractivity contribution >= 4 is 40.5 Å². The summed E-state index contributed by atoms with van der Waals surface area (Å²) in [4.78, 5) is 0. The second-order valence-electron chi connectivity index (χ2n) is 5.10. The van der Waals surface area contributed by atoms with Crippen LogP contribution in [0.5, 0.6) is 0 Å². The average molecular weight is 327 g/mol. The minimum Gasteiger partial charge on any atom is -0.380 e. The number of hydrogen-bond donors (Lipinski definition) is 1. The number of anilines is 1. The van der Waals surface area contributed by atoms with E-state index in [-0.39, 0.29) is 0 Å². The Morgan fingerprint density at radius 2 is 1.60 bits per heavy atom. The molecule has 104 valence electrons. The van der Waals surface area contributed by atoms with Gasteiger partial charge in [0.05, 0.1) is 15.7 Å². The SMILES string of the molecule is Clc1cc(Cl)c(NC2CCc3ccccc3C2)c(Cl)c1. The number of rotatable bonds is 2. The maximum absolute atomic E-state index is 6.22. The maximum atomic E-state index is 6.22. The summed E-state index contributed by atoms with van der Waals surface area (Å²) in [6.07, 6.45) is 3.15. The lowest BCUT2D eigenvalue weighted by Gasteiger charge is -2.27. The fraction of sp³-hybridized carbons (Fsp3) is 0.250. The summed E-state index contributed by atoms with van der Waals surface area (Å²) < 4.78 is 0. The molecule has 1 atom stereocenters. The molecule has 4 heteroatoms. The zero-order valence-corrected chi connectivity index (χ0v) is 13.1. The predicted octanol–water partition coefficient (Wildman–Crippen LogP) is 5.62. The monoisotopic (exact) mass is 325 g/mol. The highest BCUT2D eigenvalue weighted by molar-refractivity contribution is 6.41. The van der Waals surface area contributed by atoms with E-state index in [1.54, 1.807) is 12.1 Å². The first-order valence-electron chi connectivity index (χ1n) is 6.61. The van der Waals surface area contributed by atoms with Gasteiger partial charge in [0.2, 0.25) is 0 Å². The number of hydrogen-bond acceptors (Lipinski definition) is 1. The molecule has 0 radical (unpaired) electrons. The number of fused-ring (bicyclic) bond motifs is 1. The van der Waals surface area contributed by atoms with Crippen LogP contribution in [-0.2, 0) is 12.8 Å². The van der Waals surface area contributed by atoms with Crippen molar-refractivity contribution in [3.63, 3.8) is 0 Å². The molecule has 0 saturated heterocycles. The van der Waals surface area contributed by atoms with E-state index in [1.165, 1.54) is 11.1 Å². The molecule has 0 saturated carbocycles. The van der Waals surface area contributed by atoms with Crippen LogP contribution in [0.2, 0.25) is 15.1 Å². The van der Waals surface area contributed by atoms with Crippen molar-refractivity contribution in [2.45, 2.75) is 25.3 Å². The largest absolute Gasteiger partial charge is 0.380 e. The molecule has 1 N–H and O–H groups in total. The standard InChI is InChI=1S/C16H14Cl3N/c17-12-8-14(18)16(15(19)9-12)20-13-6-5-10-3-1-2-4-11(10)7-13/h1-4,8-9,13,20H,5-7H2. The Labute approximate surface area is 133 Å². The summed E-state index contributed by atoms with van der Waals surface area (Å²) in [5, 5.41) is 5.16. The molecule has 0 fully saturated rings. The Hall–Kier alpha value is -0.890. The zero-order valence-electron chi connectivity index (χ0n) is 10.8. The number of nitrogens with one attached hydrogen (secondary N) is 1. The van der Waals surface area contributed by atoms with Gasteiger partial charge in [0.25, 0.3) is 0 Å². The van der Waals surface area contributed by atoms with E-state index < -0.39 is 0 Å². The molecular formula is C16H14Cl3N. The van der Waals surface area contributed by atoms with E-state index >= 15 is 0 Å². The molecule has 3 rings (SSSR count). The molecule has 0 spiro atoms. The van der Waals surface area contributed by atoms with Gasteiger partial charge in [-0.25, -0.2) is 0 Å². The maximum Gasteiger partial charge on any atom is 0.0722 e. The Bertz CT molecular complexity index is 616. The fourth-order valence-electron chi connectivity index (χ4n) is 2.71. The first-order valence-corrected chi connectivity index (χ1v) is 7.75. The smallest absolute Gasteiger partial charge is 0.0722 e. The van der Waals surface area contributed by atoms with E-state index in [2.05, 4.69) is 29.6 Å². The van der Waals surface area contributed by atoms with Crippen molar-refractivity contribution in [1.29, 1.82) is 0 Å². The summed E-state index contributed by atoms with van der Waals surface area (Å²) in [6.45, 7) is 0. The Balaban J connectivity index is 1.80. The van der Waals surface area contributed by atoms with Gasteiger partial charge in [-0.2, -0.15) is 0 Å². The molecule has 0 amide bonds. The van der Waals surface area contributed by atoms with Crippen molar-refractivity contribution in [2.24, 2.45) is 0 Å². The minimum atomic E-state index is 0.348. The van der Waals surface area contributed by atoms with Crippen LogP contribution in [0.1, 0.15) is 17.5 Å². The van der Waals surface area contributed by atoms with Gasteiger partial charge in [0.1, 0.15) is 0 Å². The van der Waals surface area contributed by atoms with Gasteiger partial charge >= 0.3 is 0 Å². The van der Waals surface area contributed by atoms with Gasteiger partial charge in [0, 0.05) is 11.1 Å². The lowest BCUT2D eigenvalue weighted by atomic mass is 9.88. The summed E-state index contributed by atoms with van der Waals surface area (Å²) in [5.41, 5.74) is 3.62. The van der Waals surface area contributed by atoms with Gasteiger partial charge in [-0.1, -0.05) is 59.1 Å². The molecule has 1 aliphatic rings. The van der Waals surface area contributed by atoms with Crippen molar-refractivity contribution in [3.8, 4) is 0 Å². The molecule has 0 heterocycles. The van der Waals surface area contributed by atoms with E-state index in [1.807, 2.05) is 0 Å². The van der Waals surface area contributed by atoms with Crippen LogP contribution in [-0.4, -0.2) is 6.04 Å². The van der Waals surface area contributed by atoms with Crippen LogP contribution < -0.4 is 5.32 Å². The highest BCUT2D eigenvalue weighted by atomic mass is 35.5. The molecule has 1 nitrogen and oxygen atoms in total. The molecule has 1 unspecified atom stereocenters. The minimum absolute atomic E-state index is 0.348. The number of aryl methyl sites for hydroxylation is 1. The van der Waals surface area contributed by atoms with Gasteiger partial charge in [0.15, 0.2) is 0 Å². The molecule has 20 heavy (non-hydrogen) atoms. The molecule has 2 aromatic carbocycles. The normalized spacial score (nSPS) is 17.6. The Morgan fingerprint density at radius 1 is 0.950 bits per heavy atom. The van der Waals surface area contributed by atoms with E-state index in [4.69, 9.17) is 34.8 Å². The summed E-state index contributed by atoms with van der Waals surface area (Å²) in [7, 11) is 0. The highest BCUT2D eigenvalue weighted by Crippen LogP contribution is 2.35. The third-order valence-electron chi connectivity index (χ3n) is 3.70. The second kappa shape index (κ2) is 5.85. The zero-order chi connectivity index (χ0) is 14.1. The molecule has 0 bridgehead atoms. The summed E-state index contributed by atoms with van der Waals surface area (Å²) in [5.74, 6) is 0. The molecule has 1 aliphatic carbocycles. The van der Waals surface area contributed by atoms with Crippen LogP contribution >= 0.6 is 34.8 Å². The topological polar surface area (TPSA) is 12.0 Å². The van der Waals surface area contributed by atoms with Crippen LogP contribution in [0.4, 0.5) is 5.69 Å². The van der Waals surface area contributed by atoms with E-state index in [9.17, 15) is 0 Å². The first kappa shape index (κ1) is 14.1. The molecular weight excluding hydrogens is 313 g/mol. The van der Waals surface area contributed by atoms with Gasteiger partial charge in [-0.3, -0.25) is 0 Å². The quantitative estimate of drug-likeness (QED) is 0.755. The first-order chi connectivity index (χ1) is 9.63. The van der Waals surface area contributed by atoms with Crippen LogP contribution in [0.25, 0.3) is 0 Å². The van der Waals surface area contributed by atoms with Gasteiger partial charge in [-0.15, -0.1) is 0 Å². The summed E-state index contributed by atoms with van der Waals surface area (Å²) in [6, 6.07) is 12.4. The Morgan fingerprint density at radius 3 is 2.30 bits per heavy atom. The van der Waals surface area contributed by atoms with Gasteiger partial charge < -0.3 is 5.32 Å². The van der Waals surface area contributed by atoms with Crippen molar-refractivity contribution in [2.75, 3.05) is 5.32 Å².